The normalized spacial score (nSPS) is 13.1. The topological polar surface area (TPSA) is 207 Å². The van der Waals surface area contributed by atoms with Crippen molar-refractivity contribution >= 4 is 40.7 Å². The van der Waals surface area contributed by atoms with Crippen molar-refractivity contribution < 1.29 is 24.3 Å². The van der Waals surface area contributed by atoms with Crippen LogP contribution in [0.1, 0.15) is 36.9 Å². The first kappa shape index (κ1) is 27.8. The van der Waals surface area contributed by atoms with Gasteiger partial charge in [-0.15, -0.1) is 0 Å². The number of nitrogens with one attached hydrogen (secondary N) is 6. The van der Waals surface area contributed by atoms with Gasteiger partial charge in [0.25, 0.3) is 0 Å². The molecule has 14 heteroatoms. The van der Waals surface area contributed by atoms with Crippen LogP contribution in [0.25, 0.3) is 10.9 Å². The van der Waals surface area contributed by atoms with E-state index in [9.17, 15) is 24.3 Å². The maximum absolute atomic E-state index is 13.4. The summed E-state index contributed by atoms with van der Waals surface area (Å²) in [7, 11) is 0. The van der Waals surface area contributed by atoms with Crippen LogP contribution in [-0.2, 0) is 20.8 Å². The number of para-hydroxylation sites is 1. The van der Waals surface area contributed by atoms with E-state index in [0.29, 0.717) is 0 Å². The average Bonchev–Trinajstić information content (AvgIpc) is 3.60. The second-order valence-corrected chi connectivity index (χ2v) is 9.34. The van der Waals surface area contributed by atoms with Crippen molar-refractivity contribution in [3.63, 3.8) is 0 Å². The summed E-state index contributed by atoms with van der Waals surface area (Å²) >= 11 is 0. The lowest BCUT2D eigenvalue weighted by Gasteiger charge is -2.29. The van der Waals surface area contributed by atoms with E-state index >= 15 is 0 Å². The smallest absolute Gasteiger partial charge is 0.405 e. The summed E-state index contributed by atoms with van der Waals surface area (Å²) in [5.41, 5.74) is 0.858. The lowest BCUT2D eigenvalue weighted by molar-refractivity contribution is -0.127. The van der Waals surface area contributed by atoms with Gasteiger partial charge in [0.1, 0.15) is 5.54 Å². The molecule has 0 spiro atoms. The number of rotatable bonds is 12. The van der Waals surface area contributed by atoms with Crippen LogP contribution in [0.4, 0.5) is 10.7 Å². The van der Waals surface area contributed by atoms with Gasteiger partial charge in [0.05, 0.1) is 6.04 Å². The molecule has 4 amide bonds. The van der Waals surface area contributed by atoms with Gasteiger partial charge in [-0.05, 0) is 34.5 Å². The van der Waals surface area contributed by atoms with Gasteiger partial charge in [0, 0.05) is 42.9 Å². The van der Waals surface area contributed by atoms with Crippen LogP contribution >= 0.6 is 0 Å². The molecule has 0 aliphatic heterocycles. The summed E-state index contributed by atoms with van der Waals surface area (Å²) in [6.07, 6.45) is 0.259. The van der Waals surface area contributed by atoms with Crippen LogP contribution in [0, 0.1) is 0 Å². The van der Waals surface area contributed by atoms with Crippen molar-refractivity contribution in [1.82, 2.24) is 41.6 Å². The molecule has 0 saturated heterocycles. The number of H-pyrrole nitrogens is 2. The van der Waals surface area contributed by atoms with Crippen molar-refractivity contribution in [2.75, 3.05) is 11.9 Å². The molecule has 0 radical (unpaired) electrons. The molecule has 40 heavy (non-hydrogen) atoms. The Kier molecular flexibility index (Phi) is 8.69. The molecule has 4 rings (SSSR count). The van der Waals surface area contributed by atoms with E-state index in [1.807, 2.05) is 30.3 Å². The fourth-order valence-electron chi connectivity index (χ4n) is 4.30. The largest absolute Gasteiger partial charge is 0.465 e. The number of tetrazole rings is 1. The lowest BCUT2D eigenvalue weighted by atomic mass is 9.91. The number of amides is 4. The van der Waals surface area contributed by atoms with Crippen LogP contribution in [0.5, 0.6) is 0 Å². The van der Waals surface area contributed by atoms with E-state index < -0.39 is 35.4 Å². The summed E-state index contributed by atoms with van der Waals surface area (Å²) in [6.45, 7) is 1.49. The third-order valence-corrected chi connectivity index (χ3v) is 6.29. The van der Waals surface area contributed by atoms with E-state index in [2.05, 4.69) is 46.9 Å². The molecule has 0 aliphatic rings. The zero-order chi connectivity index (χ0) is 28.5. The van der Waals surface area contributed by atoms with Gasteiger partial charge in [-0.3, -0.25) is 19.7 Å². The van der Waals surface area contributed by atoms with Gasteiger partial charge in [-0.25, -0.2) is 9.89 Å². The van der Waals surface area contributed by atoms with E-state index in [4.69, 9.17) is 0 Å². The maximum atomic E-state index is 13.4. The molecule has 14 nitrogen and oxygen atoms in total. The molecule has 0 unspecified atom stereocenters. The Balaban J connectivity index is 1.42. The molecule has 2 atom stereocenters. The number of nitrogens with zero attached hydrogens (tertiary/aromatic N) is 3. The molecule has 2 heterocycles. The summed E-state index contributed by atoms with van der Waals surface area (Å²) in [4.78, 5) is 53.0. The van der Waals surface area contributed by atoms with E-state index in [0.717, 1.165) is 22.0 Å². The first-order chi connectivity index (χ1) is 19.2. The molecule has 2 aromatic carbocycles. The van der Waals surface area contributed by atoms with Gasteiger partial charge in [0.15, 0.2) is 0 Å². The highest BCUT2D eigenvalue weighted by Gasteiger charge is 2.36. The predicted molar refractivity (Wildman–Crippen MR) is 144 cm³/mol. The standard InChI is InChI=1S/C26H29N9O5/c1-26(31-25(39)40,13-17-14-27-19-10-6-5-9-18(17)19)23(38)28-15-20(16-7-3-2-4-8-16)29-21(36)11-12-22(37)30-24-32-34-35-33-24/h2-10,14,20,27,31H,11-13,15H2,1H3,(H,28,38)(H,29,36)(H,39,40)(H2,30,32,33,34,35,37)/t20-,26+/m0/s1. The summed E-state index contributed by atoms with van der Waals surface area (Å²) < 4.78 is 0. The maximum Gasteiger partial charge on any atom is 0.405 e. The van der Waals surface area contributed by atoms with Crippen LogP contribution in [0.2, 0.25) is 0 Å². The van der Waals surface area contributed by atoms with Crippen molar-refractivity contribution in [2.45, 2.75) is 37.8 Å². The highest BCUT2D eigenvalue weighted by Crippen LogP contribution is 2.23. The lowest BCUT2D eigenvalue weighted by Crippen LogP contribution is -2.58. The predicted octanol–water partition coefficient (Wildman–Crippen LogP) is 1.64. The first-order valence-electron chi connectivity index (χ1n) is 12.5. The first-order valence-corrected chi connectivity index (χ1v) is 12.5. The second kappa shape index (κ2) is 12.5. The molecule has 7 N–H and O–H groups in total. The molecule has 0 aliphatic carbocycles. The van der Waals surface area contributed by atoms with Crippen LogP contribution < -0.4 is 21.3 Å². The van der Waals surface area contributed by atoms with Crippen LogP contribution in [0.3, 0.4) is 0 Å². The molecule has 2 aromatic heterocycles. The number of carbonyl (C=O) groups excluding carboxylic acids is 3. The second-order valence-electron chi connectivity index (χ2n) is 9.34. The zero-order valence-corrected chi connectivity index (χ0v) is 21.6. The fourth-order valence-corrected chi connectivity index (χ4v) is 4.30. The van der Waals surface area contributed by atoms with Crippen molar-refractivity contribution in [3.05, 3.63) is 71.9 Å². The minimum Gasteiger partial charge on any atom is -0.465 e. The number of carbonyl (C=O) groups is 4. The van der Waals surface area contributed by atoms with Crippen LogP contribution in [-0.4, -0.2) is 66.6 Å². The van der Waals surface area contributed by atoms with Crippen molar-refractivity contribution in [1.29, 1.82) is 0 Å². The summed E-state index contributed by atoms with van der Waals surface area (Å²) in [5.74, 6) is -1.36. The molecule has 0 bridgehead atoms. The number of carboxylic acid groups (broad SMARTS) is 1. The number of anilines is 1. The number of benzene rings is 2. The van der Waals surface area contributed by atoms with Gasteiger partial charge in [0.2, 0.25) is 23.7 Å². The summed E-state index contributed by atoms with van der Waals surface area (Å²) in [5, 5.41) is 33.5. The Bertz CT molecular complexity index is 1470. The Labute approximate surface area is 228 Å². The van der Waals surface area contributed by atoms with E-state index in [1.54, 1.807) is 30.5 Å². The Morgan fingerprint density at radius 1 is 1.00 bits per heavy atom. The van der Waals surface area contributed by atoms with Gasteiger partial charge < -0.3 is 26.0 Å². The van der Waals surface area contributed by atoms with Gasteiger partial charge in [-0.1, -0.05) is 53.6 Å². The van der Waals surface area contributed by atoms with Crippen molar-refractivity contribution in [3.8, 4) is 0 Å². The molecular formula is C26H29N9O5. The minimum absolute atomic E-state index is 0.0186. The number of aromatic amines is 2. The molecule has 0 saturated carbocycles. The van der Waals surface area contributed by atoms with E-state index in [-0.39, 0.29) is 31.8 Å². The Hall–Kier alpha value is -5.27. The Morgan fingerprint density at radius 3 is 2.45 bits per heavy atom. The van der Waals surface area contributed by atoms with Crippen LogP contribution in [0.15, 0.2) is 60.8 Å². The molecule has 208 valence electrons. The number of fused-ring (bicyclic) bond motifs is 1. The molecular weight excluding hydrogens is 518 g/mol. The van der Waals surface area contributed by atoms with Gasteiger partial charge in [-0.2, -0.15) is 0 Å². The quantitative estimate of drug-likeness (QED) is 0.138. The molecule has 0 fully saturated rings. The average molecular weight is 548 g/mol. The molecule has 4 aromatic rings. The zero-order valence-electron chi connectivity index (χ0n) is 21.6. The monoisotopic (exact) mass is 547 g/mol. The van der Waals surface area contributed by atoms with Crippen molar-refractivity contribution in [2.24, 2.45) is 0 Å². The summed E-state index contributed by atoms with van der Waals surface area (Å²) in [6, 6.07) is 15.9. The number of hydrogen-bond donors (Lipinski definition) is 7. The fraction of sp³-hybridized carbons (Fsp3) is 0.269. The number of aromatic nitrogens is 5. The van der Waals surface area contributed by atoms with E-state index in [1.165, 1.54) is 6.92 Å². The van der Waals surface area contributed by atoms with Gasteiger partial charge >= 0.3 is 6.09 Å². The number of hydrogen-bond acceptors (Lipinski definition) is 7. The highest BCUT2D eigenvalue weighted by molar-refractivity contribution is 5.92. The SMILES string of the molecule is C[C@](Cc1c[nH]c2ccccc12)(NC(=O)O)C(=O)NC[C@H](NC(=O)CCC(=O)Nc1nnn[nH]1)c1ccccc1. The highest BCUT2D eigenvalue weighted by atomic mass is 16.4. The third-order valence-electron chi connectivity index (χ3n) is 6.29. The minimum atomic E-state index is -1.50. The third kappa shape index (κ3) is 7.18. The Morgan fingerprint density at radius 2 is 1.73 bits per heavy atom.